The minimum Gasteiger partial charge on any atom is -0.453 e. The van der Waals surface area contributed by atoms with Gasteiger partial charge in [0.15, 0.2) is 0 Å². The lowest BCUT2D eigenvalue weighted by Crippen LogP contribution is -2.39. The molecule has 3 amide bonds. The van der Waals surface area contributed by atoms with Crippen LogP contribution in [-0.4, -0.2) is 61.5 Å². The molecule has 0 saturated carbocycles. The molecule has 0 atom stereocenters. The average molecular weight is 323 g/mol. The number of amides is 3. The Morgan fingerprint density at radius 2 is 1.82 bits per heavy atom. The quantitative estimate of drug-likeness (QED) is 0.850. The molecule has 1 aliphatic rings. The van der Waals surface area contributed by atoms with Gasteiger partial charge in [-0.2, -0.15) is 0 Å². The first-order valence-electron chi connectivity index (χ1n) is 7.17. The van der Waals surface area contributed by atoms with Crippen molar-refractivity contribution in [2.45, 2.75) is 11.3 Å². The SMILES string of the molecule is COC(=O)N1CCCN(C(=O)Nc2ccccc2SC)CC1. The molecule has 1 aliphatic heterocycles. The largest absolute Gasteiger partial charge is 0.453 e. The fourth-order valence-corrected chi connectivity index (χ4v) is 2.93. The Hall–Kier alpha value is -1.89. The topological polar surface area (TPSA) is 61.9 Å². The lowest BCUT2D eigenvalue weighted by molar-refractivity contribution is 0.125. The highest BCUT2D eigenvalue weighted by molar-refractivity contribution is 7.98. The van der Waals surface area contributed by atoms with Gasteiger partial charge in [0.2, 0.25) is 0 Å². The van der Waals surface area contributed by atoms with E-state index in [2.05, 4.69) is 5.32 Å². The van der Waals surface area contributed by atoms with Gasteiger partial charge in [0, 0.05) is 31.1 Å². The number of benzene rings is 1. The Morgan fingerprint density at radius 1 is 1.14 bits per heavy atom. The van der Waals surface area contributed by atoms with Gasteiger partial charge in [-0.1, -0.05) is 12.1 Å². The Balaban J connectivity index is 1.97. The van der Waals surface area contributed by atoms with E-state index in [4.69, 9.17) is 4.74 Å². The number of ether oxygens (including phenoxy) is 1. The van der Waals surface area contributed by atoms with Crippen molar-refractivity contribution in [1.82, 2.24) is 9.80 Å². The summed E-state index contributed by atoms with van der Waals surface area (Å²) in [6.45, 7) is 2.23. The van der Waals surface area contributed by atoms with Crippen molar-refractivity contribution in [2.75, 3.05) is 44.9 Å². The van der Waals surface area contributed by atoms with E-state index < -0.39 is 0 Å². The molecule has 22 heavy (non-hydrogen) atoms. The average Bonchev–Trinajstić information content (AvgIpc) is 2.80. The van der Waals surface area contributed by atoms with E-state index in [1.54, 1.807) is 21.6 Å². The zero-order valence-corrected chi connectivity index (χ0v) is 13.7. The van der Waals surface area contributed by atoms with E-state index in [1.165, 1.54) is 7.11 Å². The van der Waals surface area contributed by atoms with Gasteiger partial charge in [-0.25, -0.2) is 9.59 Å². The highest BCUT2D eigenvalue weighted by Gasteiger charge is 2.22. The number of urea groups is 1. The van der Waals surface area contributed by atoms with Crippen molar-refractivity contribution in [3.05, 3.63) is 24.3 Å². The third kappa shape index (κ3) is 4.07. The normalized spacial score (nSPS) is 15.2. The fraction of sp³-hybridized carbons (Fsp3) is 0.467. The molecule has 0 aromatic heterocycles. The van der Waals surface area contributed by atoms with Gasteiger partial charge in [-0.15, -0.1) is 11.8 Å². The lowest BCUT2D eigenvalue weighted by atomic mass is 10.3. The van der Waals surface area contributed by atoms with Crippen LogP contribution in [0.3, 0.4) is 0 Å². The van der Waals surface area contributed by atoms with Crippen LogP contribution < -0.4 is 5.32 Å². The van der Waals surface area contributed by atoms with E-state index in [0.717, 1.165) is 17.0 Å². The number of rotatable bonds is 2. The summed E-state index contributed by atoms with van der Waals surface area (Å²) in [5.41, 5.74) is 0.814. The molecule has 0 spiro atoms. The molecule has 120 valence electrons. The van der Waals surface area contributed by atoms with Crippen LogP contribution in [0.15, 0.2) is 29.2 Å². The molecule has 1 N–H and O–H groups in total. The minimum atomic E-state index is -0.338. The summed E-state index contributed by atoms with van der Waals surface area (Å²) < 4.78 is 4.73. The monoisotopic (exact) mass is 323 g/mol. The molecule has 0 radical (unpaired) electrons. The number of hydrogen-bond acceptors (Lipinski definition) is 4. The van der Waals surface area contributed by atoms with Gasteiger partial charge in [-0.05, 0) is 24.8 Å². The molecule has 1 saturated heterocycles. The summed E-state index contributed by atoms with van der Waals surface area (Å²) in [6, 6.07) is 7.58. The molecule has 2 rings (SSSR count). The van der Waals surface area contributed by atoms with Crippen molar-refractivity contribution < 1.29 is 14.3 Å². The maximum Gasteiger partial charge on any atom is 0.409 e. The zero-order valence-electron chi connectivity index (χ0n) is 12.9. The highest BCUT2D eigenvalue weighted by atomic mass is 32.2. The van der Waals surface area contributed by atoms with E-state index in [-0.39, 0.29) is 12.1 Å². The molecule has 1 heterocycles. The van der Waals surface area contributed by atoms with Gasteiger partial charge < -0.3 is 19.9 Å². The van der Waals surface area contributed by atoms with E-state index in [1.807, 2.05) is 30.5 Å². The predicted molar refractivity (Wildman–Crippen MR) is 87.4 cm³/mol. The van der Waals surface area contributed by atoms with Crippen LogP contribution in [-0.2, 0) is 4.74 Å². The maximum atomic E-state index is 12.4. The number of thioether (sulfide) groups is 1. The van der Waals surface area contributed by atoms with Crippen LogP contribution in [0.4, 0.5) is 15.3 Å². The standard InChI is InChI=1S/C15H21N3O3S/c1-21-15(20)18-9-5-8-17(10-11-18)14(19)16-12-6-3-4-7-13(12)22-2/h3-4,6-7H,5,8-11H2,1-2H3,(H,16,19). The van der Waals surface area contributed by atoms with Gasteiger partial charge in [0.25, 0.3) is 0 Å². The first-order valence-corrected chi connectivity index (χ1v) is 8.40. The Bertz CT molecular complexity index is 539. The third-order valence-corrected chi connectivity index (χ3v) is 4.36. The molecule has 1 aromatic carbocycles. The van der Waals surface area contributed by atoms with E-state index in [9.17, 15) is 9.59 Å². The molecule has 0 bridgehead atoms. The highest BCUT2D eigenvalue weighted by Crippen LogP contribution is 2.24. The number of carbonyl (C=O) groups is 2. The second kappa shape index (κ2) is 7.93. The number of hydrogen-bond donors (Lipinski definition) is 1. The van der Waals surface area contributed by atoms with Crippen molar-refractivity contribution in [3.8, 4) is 0 Å². The third-order valence-electron chi connectivity index (χ3n) is 3.56. The number of nitrogens with zero attached hydrogens (tertiary/aromatic N) is 2. The number of anilines is 1. The van der Waals surface area contributed by atoms with Crippen LogP contribution in [0.25, 0.3) is 0 Å². The van der Waals surface area contributed by atoms with Gasteiger partial charge in [0.05, 0.1) is 12.8 Å². The van der Waals surface area contributed by atoms with E-state index >= 15 is 0 Å². The number of para-hydroxylation sites is 1. The van der Waals surface area contributed by atoms with Gasteiger partial charge in [0.1, 0.15) is 0 Å². The second-order valence-electron chi connectivity index (χ2n) is 4.93. The summed E-state index contributed by atoms with van der Waals surface area (Å²) >= 11 is 1.59. The first kappa shape index (κ1) is 16.5. The molecular weight excluding hydrogens is 302 g/mol. The van der Waals surface area contributed by atoms with Gasteiger partial charge >= 0.3 is 12.1 Å². The summed E-state index contributed by atoms with van der Waals surface area (Å²) in [6.07, 6.45) is 2.38. The molecule has 1 aromatic rings. The summed E-state index contributed by atoms with van der Waals surface area (Å²) in [5.74, 6) is 0. The van der Waals surface area contributed by atoms with Crippen LogP contribution >= 0.6 is 11.8 Å². The zero-order chi connectivity index (χ0) is 15.9. The molecular formula is C15H21N3O3S. The molecule has 6 nitrogen and oxygen atoms in total. The van der Waals surface area contributed by atoms with Crippen LogP contribution in [0.5, 0.6) is 0 Å². The van der Waals surface area contributed by atoms with Crippen LogP contribution in [0, 0.1) is 0 Å². The second-order valence-corrected chi connectivity index (χ2v) is 5.78. The molecule has 7 heteroatoms. The summed E-state index contributed by atoms with van der Waals surface area (Å²) in [7, 11) is 1.37. The Labute approximate surface area is 134 Å². The number of nitrogens with one attached hydrogen (secondary N) is 1. The smallest absolute Gasteiger partial charge is 0.409 e. The van der Waals surface area contributed by atoms with Crippen LogP contribution in [0.1, 0.15) is 6.42 Å². The maximum absolute atomic E-state index is 12.4. The molecule has 0 aliphatic carbocycles. The number of methoxy groups -OCH3 is 1. The fourth-order valence-electron chi connectivity index (χ4n) is 2.37. The Morgan fingerprint density at radius 3 is 2.55 bits per heavy atom. The van der Waals surface area contributed by atoms with Crippen LogP contribution in [0.2, 0.25) is 0 Å². The number of carbonyl (C=O) groups excluding carboxylic acids is 2. The summed E-state index contributed by atoms with van der Waals surface area (Å²) in [5, 5.41) is 2.95. The Kier molecular flexibility index (Phi) is 5.94. The van der Waals surface area contributed by atoms with Gasteiger partial charge in [-0.3, -0.25) is 0 Å². The first-order chi connectivity index (χ1) is 10.7. The van der Waals surface area contributed by atoms with Crippen molar-refractivity contribution in [1.29, 1.82) is 0 Å². The van der Waals surface area contributed by atoms with E-state index in [0.29, 0.717) is 26.2 Å². The van der Waals surface area contributed by atoms with Crippen molar-refractivity contribution in [3.63, 3.8) is 0 Å². The van der Waals surface area contributed by atoms with Crippen molar-refractivity contribution >= 4 is 29.6 Å². The van der Waals surface area contributed by atoms with Crippen molar-refractivity contribution in [2.24, 2.45) is 0 Å². The summed E-state index contributed by atoms with van der Waals surface area (Å²) in [4.78, 5) is 28.4. The molecule has 0 unspecified atom stereocenters. The lowest BCUT2D eigenvalue weighted by Gasteiger charge is -2.22. The predicted octanol–water partition coefficient (Wildman–Crippen LogP) is 2.71. The molecule has 1 fully saturated rings. The minimum absolute atomic E-state index is 0.131.